The zero-order chi connectivity index (χ0) is 7.15. The molecule has 0 aliphatic rings. The van der Waals surface area contributed by atoms with Crippen molar-refractivity contribution < 1.29 is 12.3 Å². The van der Waals surface area contributed by atoms with Crippen molar-refractivity contribution in [2.45, 2.75) is 0 Å². The quantitative estimate of drug-likeness (QED) is 0.624. The van der Waals surface area contributed by atoms with Crippen molar-refractivity contribution >= 4 is 55.1 Å². The largest absolute Gasteiger partial charge is 0.409 e. The van der Waals surface area contributed by atoms with E-state index in [2.05, 4.69) is 17.8 Å². The molecule has 0 radical (unpaired) electrons. The summed E-state index contributed by atoms with van der Waals surface area (Å²) >= 11 is -6.58. The maximum absolute atomic E-state index is 8.89. The van der Waals surface area contributed by atoms with Crippen molar-refractivity contribution in [3.05, 3.63) is 0 Å². The molecule has 0 saturated carbocycles. The zero-order valence-corrected chi connectivity index (χ0v) is 9.68. The van der Waals surface area contributed by atoms with Gasteiger partial charge >= 0.3 is 37.3 Å². The van der Waals surface area contributed by atoms with Crippen LogP contribution in [-0.2, 0) is 12.3 Å². The van der Waals surface area contributed by atoms with Gasteiger partial charge in [-0.05, 0) is 0 Å². The maximum Gasteiger partial charge on any atom is 0.409 e. The third-order valence-corrected chi connectivity index (χ3v) is 0. The van der Waals surface area contributed by atoms with E-state index in [9.17, 15) is 0 Å². The van der Waals surface area contributed by atoms with Gasteiger partial charge in [0.1, 0.15) is 0 Å². The highest BCUT2D eigenvalue weighted by Gasteiger charge is 1.60. The van der Waals surface area contributed by atoms with Gasteiger partial charge in [-0.1, -0.05) is 0 Å². The highest BCUT2D eigenvalue weighted by atomic mass is 127. The van der Waals surface area contributed by atoms with Crippen molar-refractivity contribution in [3.8, 4) is 0 Å². The fraction of sp³-hybridized carbons (Fsp3) is 0. The third kappa shape index (κ3) is 331. The highest BCUT2D eigenvalue weighted by molar-refractivity contribution is 14.2. The van der Waals surface area contributed by atoms with Crippen molar-refractivity contribution in [1.29, 1.82) is 0 Å². The molecule has 5 nitrogen and oxygen atoms in total. The van der Waals surface area contributed by atoms with E-state index in [4.69, 9.17) is 12.3 Å². The van der Waals surface area contributed by atoms with Crippen LogP contribution >= 0.6 is 55.1 Å². The van der Waals surface area contributed by atoms with E-state index in [-0.39, 0.29) is 6.15 Å². The number of rotatable bonds is 0. The molecule has 0 saturated heterocycles. The Kier molecular flexibility index (Phi) is 22.1. The van der Waals surface area contributed by atoms with Gasteiger partial charge in [-0.15, -0.1) is 0 Å². The first kappa shape index (κ1) is 16.7. The number of hydrogen-bond donors (Lipinski definition) is 1. The molecule has 9 heteroatoms. The standard InChI is InChI=1S/2ClIO2.H3N/c2*1-2(3)4;/h;;1H3. The molecule has 0 unspecified atom stereocenters. The molecule has 0 aromatic heterocycles. The zero-order valence-electron chi connectivity index (χ0n) is 3.85. The minimum Gasteiger partial charge on any atom is -0.344 e. The Morgan fingerprint density at radius 1 is 0.778 bits per heavy atom. The molecule has 0 bridgehead atoms. The Bertz CT molecular complexity index is 133. The monoisotopic (exact) mass is 405 g/mol. The van der Waals surface area contributed by atoms with Crippen LogP contribution in [0.4, 0.5) is 0 Å². The molecule has 0 aromatic carbocycles. The number of halogens is 4. The summed E-state index contributed by atoms with van der Waals surface area (Å²) in [5.41, 5.74) is 0. The maximum atomic E-state index is 8.89. The van der Waals surface area contributed by atoms with Crippen LogP contribution in [0.25, 0.3) is 0 Å². The van der Waals surface area contributed by atoms with E-state index < -0.39 is 37.3 Å². The Labute approximate surface area is 72.8 Å². The first-order valence-corrected chi connectivity index (χ1v) is 9.89. The summed E-state index contributed by atoms with van der Waals surface area (Å²) < 4.78 is 35.6. The Hall–Kier alpha value is 1.20. The molecule has 0 aliphatic heterocycles. The van der Waals surface area contributed by atoms with E-state index in [1.807, 2.05) is 0 Å². The second-order valence-corrected chi connectivity index (χ2v) is 5.54. The Balaban J connectivity index is -0.0000000720. The molecular formula is H3Cl2I2NO4. The first-order valence-electron chi connectivity index (χ1n) is 0.903. The van der Waals surface area contributed by atoms with Crippen molar-refractivity contribution in [3.63, 3.8) is 0 Å². The minimum absolute atomic E-state index is 0. The van der Waals surface area contributed by atoms with Gasteiger partial charge in [0.05, 0.1) is 0 Å². The van der Waals surface area contributed by atoms with Crippen LogP contribution in [0.2, 0.25) is 0 Å². The fourth-order valence-electron chi connectivity index (χ4n) is 0. The van der Waals surface area contributed by atoms with E-state index >= 15 is 0 Å². The van der Waals surface area contributed by atoms with E-state index in [0.29, 0.717) is 0 Å². The summed E-state index contributed by atoms with van der Waals surface area (Å²) in [6, 6.07) is 0. The van der Waals surface area contributed by atoms with E-state index in [0.717, 1.165) is 0 Å². The van der Waals surface area contributed by atoms with Crippen molar-refractivity contribution in [2.75, 3.05) is 0 Å². The van der Waals surface area contributed by atoms with Gasteiger partial charge in [0.25, 0.3) is 0 Å². The Morgan fingerprint density at radius 3 is 0.778 bits per heavy atom. The SMILES string of the molecule is N.O=I(=O)Cl.O=I(=O)Cl. The minimum atomic E-state index is -3.29. The summed E-state index contributed by atoms with van der Waals surface area (Å²) in [6.07, 6.45) is 0. The lowest BCUT2D eigenvalue weighted by Crippen LogP contribution is -0.941. The van der Waals surface area contributed by atoms with Crippen LogP contribution in [-0.4, -0.2) is 0 Å². The van der Waals surface area contributed by atoms with Gasteiger partial charge in [-0.3, -0.25) is 0 Å². The van der Waals surface area contributed by atoms with Crippen molar-refractivity contribution in [1.82, 2.24) is 6.15 Å². The lowest BCUT2D eigenvalue weighted by molar-refractivity contribution is 0.610. The van der Waals surface area contributed by atoms with Gasteiger partial charge in [-0.2, -0.15) is 0 Å². The fourth-order valence-corrected chi connectivity index (χ4v) is 0. The van der Waals surface area contributed by atoms with Gasteiger partial charge in [0.2, 0.25) is 0 Å². The van der Waals surface area contributed by atoms with Gasteiger partial charge in [0.15, 0.2) is 0 Å². The predicted molar refractivity (Wildman–Crippen MR) is 47.5 cm³/mol. The normalized spacial score (nSPS) is 7.56. The first-order chi connectivity index (χ1) is 3.46. The van der Waals surface area contributed by atoms with Crippen molar-refractivity contribution in [2.24, 2.45) is 0 Å². The topological polar surface area (TPSA) is 103 Å². The summed E-state index contributed by atoms with van der Waals surface area (Å²) in [6.45, 7) is 0. The molecule has 9 heavy (non-hydrogen) atoms. The van der Waals surface area contributed by atoms with Gasteiger partial charge in [-0.25, -0.2) is 12.3 Å². The molecule has 0 amide bonds. The second kappa shape index (κ2) is 11.9. The van der Waals surface area contributed by atoms with Gasteiger partial charge in [0, 0.05) is 17.8 Å². The van der Waals surface area contributed by atoms with Crippen LogP contribution in [0.15, 0.2) is 0 Å². The third-order valence-electron chi connectivity index (χ3n) is 0. The molecule has 0 aromatic rings. The smallest absolute Gasteiger partial charge is 0.344 e. The van der Waals surface area contributed by atoms with Crippen LogP contribution in [0.5, 0.6) is 0 Å². The predicted octanol–water partition coefficient (Wildman–Crippen LogP) is 2.84. The lowest BCUT2D eigenvalue weighted by atomic mass is 14.0. The van der Waals surface area contributed by atoms with Gasteiger partial charge < -0.3 is 6.15 Å². The second-order valence-electron chi connectivity index (χ2n) is 0.359. The lowest BCUT2D eigenvalue weighted by Gasteiger charge is -1.29. The van der Waals surface area contributed by atoms with Crippen LogP contribution in [0.3, 0.4) is 0 Å². The summed E-state index contributed by atoms with van der Waals surface area (Å²) in [4.78, 5) is 0. The average molecular weight is 406 g/mol. The molecule has 0 fully saturated rings. The van der Waals surface area contributed by atoms with E-state index in [1.165, 1.54) is 0 Å². The van der Waals surface area contributed by atoms with Crippen LogP contribution in [0.1, 0.15) is 0 Å². The molecule has 0 atom stereocenters. The van der Waals surface area contributed by atoms with Crippen LogP contribution < -0.4 is 6.15 Å². The Morgan fingerprint density at radius 2 is 0.778 bits per heavy atom. The molecule has 60 valence electrons. The summed E-state index contributed by atoms with van der Waals surface area (Å²) in [5, 5.41) is 0. The molecule has 0 aliphatic carbocycles. The molecular weight excluding hydrogens is 403 g/mol. The molecule has 0 heterocycles. The molecule has 0 spiro atoms. The summed E-state index contributed by atoms with van der Waals surface area (Å²) in [5.74, 6) is 0. The summed E-state index contributed by atoms with van der Waals surface area (Å²) in [7, 11) is 8.64. The average Bonchev–Trinajstić information content (AvgIpc) is 1.25. The van der Waals surface area contributed by atoms with E-state index in [1.54, 1.807) is 0 Å². The van der Waals surface area contributed by atoms with Crippen LogP contribution in [0, 0.1) is 0 Å². The highest BCUT2D eigenvalue weighted by Crippen LogP contribution is 2.07. The molecule has 3 N–H and O–H groups in total. The molecule has 0 rings (SSSR count). The number of hydrogen-bond acceptors (Lipinski definition) is 5.